The van der Waals surface area contributed by atoms with Gasteiger partial charge in [0.25, 0.3) is 5.56 Å². The summed E-state index contributed by atoms with van der Waals surface area (Å²) in [6, 6.07) is 6.64. The second kappa shape index (κ2) is 6.72. The number of nitrogens with zero attached hydrogens (tertiary/aromatic N) is 3. The number of hydrogen-bond acceptors (Lipinski definition) is 3. The van der Waals surface area contributed by atoms with E-state index in [9.17, 15) is 13.6 Å². The van der Waals surface area contributed by atoms with E-state index in [1.165, 1.54) is 16.7 Å². The summed E-state index contributed by atoms with van der Waals surface area (Å²) in [5.41, 5.74) is 1.96. The largest absolute Gasteiger partial charge is 0.318 e. The topological polar surface area (TPSA) is 47.8 Å². The second-order valence-corrected chi connectivity index (χ2v) is 6.12. The first-order valence-corrected chi connectivity index (χ1v) is 7.86. The minimum atomic E-state index is -0.664. The van der Waals surface area contributed by atoms with Crippen molar-refractivity contribution in [3.05, 3.63) is 80.6 Å². The van der Waals surface area contributed by atoms with Gasteiger partial charge in [-0.25, -0.2) is 18.7 Å². The molecular formula is C18H14ClF2N3O. The summed E-state index contributed by atoms with van der Waals surface area (Å²) in [4.78, 5) is 20.3. The van der Waals surface area contributed by atoms with Crippen molar-refractivity contribution in [1.82, 2.24) is 14.5 Å². The molecular weight excluding hydrogens is 348 g/mol. The Labute approximate surface area is 147 Å². The third-order valence-electron chi connectivity index (χ3n) is 3.76. The summed E-state index contributed by atoms with van der Waals surface area (Å²) < 4.78 is 28.3. The van der Waals surface area contributed by atoms with Gasteiger partial charge in [-0.15, -0.1) is 0 Å². The van der Waals surface area contributed by atoms with Crippen LogP contribution in [0.3, 0.4) is 0 Å². The molecule has 1 aromatic carbocycles. The van der Waals surface area contributed by atoms with Crippen molar-refractivity contribution in [3.63, 3.8) is 0 Å². The molecule has 0 N–H and O–H groups in total. The van der Waals surface area contributed by atoms with Crippen LogP contribution in [0, 0.1) is 18.6 Å². The Morgan fingerprint density at radius 3 is 2.60 bits per heavy atom. The molecule has 4 nitrogen and oxygen atoms in total. The smallest absolute Gasteiger partial charge is 0.253 e. The molecule has 0 aliphatic heterocycles. The van der Waals surface area contributed by atoms with Crippen LogP contribution in [0.15, 0.2) is 41.3 Å². The molecule has 0 saturated heterocycles. The Morgan fingerprint density at radius 1 is 1.16 bits per heavy atom. The number of rotatable bonds is 3. The molecule has 0 bridgehead atoms. The minimum Gasteiger partial charge on any atom is -0.318 e. The molecule has 0 aliphatic rings. The normalized spacial score (nSPS) is 10.9. The van der Waals surface area contributed by atoms with Crippen LogP contribution in [0.2, 0.25) is 5.15 Å². The molecule has 2 aromatic heterocycles. The van der Waals surface area contributed by atoms with Gasteiger partial charge in [0.1, 0.15) is 22.6 Å². The molecule has 0 saturated carbocycles. The van der Waals surface area contributed by atoms with E-state index >= 15 is 0 Å². The number of benzene rings is 1. The molecule has 0 amide bonds. The third kappa shape index (κ3) is 3.74. The molecule has 0 atom stereocenters. The maximum absolute atomic E-state index is 13.8. The van der Waals surface area contributed by atoms with Crippen molar-refractivity contribution in [3.8, 4) is 11.3 Å². The molecule has 0 radical (unpaired) electrons. The summed E-state index contributed by atoms with van der Waals surface area (Å²) in [5, 5.41) is 0.203. The van der Waals surface area contributed by atoms with Crippen molar-refractivity contribution >= 4 is 11.6 Å². The zero-order valence-corrected chi connectivity index (χ0v) is 14.3. The lowest BCUT2D eigenvalue weighted by molar-refractivity contribution is 0.573. The Bertz CT molecular complexity index is 991. The van der Waals surface area contributed by atoms with Gasteiger partial charge in [-0.05, 0) is 24.6 Å². The van der Waals surface area contributed by atoms with Gasteiger partial charge in [-0.2, -0.15) is 0 Å². The Hall–Kier alpha value is -2.60. The first-order chi connectivity index (χ1) is 11.8. The van der Waals surface area contributed by atoms with E-state index in [1.54, 1.807) is 32.3 Å². The monoisotopic (exact) mass is 361 g/mol. The molecule has 0 spiro atoms. The Balaban J connectivity index is 2.02. The summed E-state index contributed by atoms with van der Waals surface area (Å²) in [6.07, 6.45) is 1.72. The molecule has 0 unspecified atom stereocenters. The number of aromatic nitrogens is 3. The highest BCUT2D eigenvalue weighted by Crippen LogP contribution is 2.21. The minimum absolute atomic E-state index is 0.0738. The van der Waals surface area contributed by atoms with E-state index in [0.717, 1.165) is 6.07 Å². The highest BCUT2D eigenvalue weighted by molar-refractivity contribution is 6.29. The highest BCUT2D eigenvalue weighted by Gasteiger charge is 2.11. The van der Waals surface area contributed by atoms with E-state index in [4.69, 9.17) is 11.6 Å². The Morgan fingerprint density at radius 2 is 1.92 bits per heavy atom. The van der Waals surface area contributed by atoms with Gasteiger partial charge in [-0.3, -0.25) is 4.79 Å². The summed E-state index contributed by atoms with van der Waals surface area (Å²) >= 11 is 6.07. The van der Waals surface area contributed by atoms with Crippen LogP contribution in [0.5, 0.6) is 0 Å². The summed E-state index contributed by atoms with van der Waals surface area (Å²) in [5.74, 6) is -1.00. The molecule has 25 heavy (non-hydrogen) atoms. The van der Waals surface area contributed by atoms with Gasteiger partial charge in [0.05, 0.1) is 5.69 Å². The van der Waals surface area contributed by atoms with Crippen molar-refractivity contribution in [2.45, 2.75) is 13.3 Å². The molecule has 3 rings (SSSR count). The molecule has 128 valence electrons. The first-order valence-electron chi connectivity index (χ1n) is 7.48. The van der Waals surface area contributed by atoms with Crippen molar-refractivity contribution in [1.29, 1.82) is 0 Å². The van der Waals surface area contributed by atoms with Crippen molar-refractivity contribution in [2.75, 3.05) is 0 Å². The maximum atomic E-state index is 13.8. The number of halogens is 3. The fourth-order valence-corrected chi connectivity index (χ4v) is 2.75. The predicted molar refractivity (Wildman–Crippen MR) is 91.6 cm³/mol. The van der Waals surface area contributed by atoms with E-state index in [2.05, 4.69) is 9.97 Å². The second-order valence-electron chi connectivity index (χ2n) is 5.73. The molecule has 2 heterocycles. The lowest BCUT2D eigenvalue weighted by Gasteiger charge is -2.09. The van der Waals surface area contributed by atoms with Crippen LogP contribution in [0.25, 0.3) is 11.3 Å². The van der Waals surface area contributed by atoms with Crippen LogP contribution in [-0.4, -0.2) is 14.5 Å². The fourth-order valence-electron chi connectivity index (χ4n) is 2.54. The predicted octanol–water partition coefficient (Wildman–Crippen LogP) is 3.67. The molecule has 0 fully saturated rings. The zero-order chi connectivity index (χ0) is 18.1. The average Bonchev–Trinajstić information content (AvgIpc) is 2.54. The number of aryl methyl sites for hydroxylation is 2. The van der Waals surface area contributed by atoms with Crippen LogP contribution in [-0.2, 0) is 13.5 Å². The average molecular weight is 362 g/mol. The van der Waals surface area contributed by atoms with Gasteiger partial charge < -0.3 is 4.57 Å². The van der Waals surface area contributed by atoms with Crippen LogP contribution in [0.4, 0.5) is 8.78 Å². The summed E-state index contributed by atoms with van der Waals surface area (Å²) in [7, 11) is 1.65. The van der Waals surface area contributed by atoms with E-state index in [0.29, 0.717) is 22.6 Å². The van der Waals surface area contributed by atoms with Gasteiger partial charge in [0, 0.05) is 42.9 Å². The van der Waals surface area contributed by atoms with E-state index in [1.807, 2.05) is 0 Å². The molecule has 3 aromatic rings. The van der Waals surface area contributed by atoms with Crippen LogP contribution in [0.1, 0.15) is 17.0 Å². The molecule has 7 heteroatoms. The highest BCUT2D eigenvalue weighted by atomic mass is 35.5. The van der Waals surface area contributed by atoms with Crippen molar-refractivity contribution < 1.29 is 8.78 Å². The van der Waals surface area contributed by atoms with Gasteiger partial charge in [0.15, 0.2) is 0 Å². The number of pyridine rings is 1. The lowest BCUT2D eigenvalue weighted by atomic mass is 10.1. The number of hydrogen-bond donors (Lipinski definition) is 0. The SMILES string of the molecule is Cc1cc(-c2cc(Cl)nc(Cc3ccc(F)cc3F)n2)cn(C)c1=O. The zero-order valence-electron chi connectivity index (χ0n) is 13.6. The van der Waals surface area contributed by atoms with Gasteiger partial charge >= 0.3 is 0 Å². The summed E-state index contributed by atoms with van der Waals surface area (Å²) in [6.45, 7) is 1.71. The van der Waals surface area contributed by atoms with Gasteiger partial charge in [0.2, 0.25) is 0 Å². The quantitative estimate of drug-likeness (QED) is 0.669. The van der Waals surface area contributed by atoms with Crippen LogP contribution < -0.4 is 5.56 Å². The molecule has 0 aliphatic carbocycles. The van der Waals surface area contributed by atoms with Crippen molar-refractivity contribution in [2.24, 2.45) is 7.05 Å². The van der Waals surface area contributed by atoms with Crippen LogP contribution >= 0.6 is 11.6 Å². The van der Waals surface area contributed by atoms with Gasteiger partial charge in [-0.1, -0.05) is 17.7 Å². The maximum Gasteiger partial charge on any atom is 0.253 e. The lowest BCUT2D eigenvalue weighted by Crippen LogP contribution is -2.18. The van der Waals surface area contributed by atoms with E-state index < -0.39 is 11.6 Å². The Kier molecular flexibility index (Phi) is 4.63. The third-order valence-corrected chi connectivity index (χ3v) is 3.96. The standard InChI is InChI=1S/C18H14ClF2N3O/c1-10-5-12(9-24(2)18(10)25)15-8-16(19)23-17(22-15)6-11-3-4-13(20)7-14(11)21/h3-5,7-9H,6H2,1-2H3. The fraction of sp³-hybridized carbons (Fsp3) is 0.167. The first kappa shape index (κ1) is 17.2. The van der Waals surface area contributed by atoms with E-state index in [-0.39, 0.29) is 22.7 Å².